The molecular formula is C25H29F3N6O3. The van der Waals surface area contributed by atoms with E-state index in [9.17, 15) is 23.5 Å². The number of guanidine groups is 1. The van der Waals surface area contributed by atoms with E-state index in [0.29, 0.717) is 12.3 Å². The smallest absolute Gasteiger partial charge is 0.387 e. The van der Waals surface area contributed by atoms with E-state index < -0.39 is 30.4 Å². The number of halogens is 3. The molecule has 0 aliphatic carbocycles. The first-order valence-electron chi connectivity index (χ1n) is 11.5. The molecule has 0 amide bonds. The quantitative estimate of drug-likeness (QED) is 0.172. The summed E-state index contributed by atoms with van der Waals surface area (Å²) in [7, 11) is 1.49. The van der Waals surface area contributed by atoms with E-state index in [2.05, 4.69) is 15.0 Å². The van der Waals surface area contributed by atoms with Gasteiger partial charge in [0.2, 0.25) is 5.96 Å². The van der Waals surface area contributed by atoms with Gasteiger partial charge in [0.15, 0.2) is 17.8 Å². The summed E-state index contributed by atoms with van der Waals surface area (Å²) >= 11 is 0. The number of methoxy groups -OCH3 is 1. The van der Waals surface area contributed by atoms with Gasteiger partial charge in [-0.1, -0.05) is 25.1 Å². The summed E-state index contributed by atoms with van der Waals surface area (Å²) in [6, 6.07) is 9.11. The van der Waals surface area contributed by atoms with Gasteiger partial charge in [-0.2, -0.15) is 19.1 Å². The molecule has 0 bridgehead atoms. The number of aliphatic imine (C=N–C) groups is 1. The van der Waals surface area contributed by atoms with Crippen molar-refractivity contribution in [3.63, 3.8) is 0 Å². The number of rotatable bonds is 9. The van der Waals surface area contributed by atoms with Crippen LogP contribution in [0, 0.1) is 31.1 Å². The van der Waals surface area contributed by atoms with Gasteiger partial charge in [0, 0.05) is 7.11 Å². The van der Waals surface area contributed by atoms with Crippen LogP contribution < -0.4 is 10.1 Å². The Labute approximate surface area is 213 Å². The zero-order valence-corrected chi connectivity index (χ0v) is 21.0. The topological polar surface area (TPSA) is 106 Å². The third kappa shape index (κ3) is 6.37. The number of hydrogen-bond acceptors (Lipinski definition) is 7. The molecule has 2 atom stereocenters. The third-order valence-corrected chi connectivity index (χ3v) is 6.05. The molecule has 1 heterocycles. The molecule has 0 fully saturated rings. The fourth-order valence-corrected chi connectivity index (χ4v) is 4.06. The molecule has 0 saturated heterocycles. The molecule has 0 spiro atoms. The maximum Gasteiger partial charge on any atom is 0.387 e. The fourth-order valence-electron chi connectivity index (χ4n) is 4.06. The minimum atomic E-state index is -3.21. The zero-order valence-electron chi connectivity index (χ0n) is 21.0. The Morgan fingerprint density at radius 3 is 2.68 bits per heavy atom. The summed E-state index contributed by atoms with van der Waals surface area (Å²) in [5.41, 5.74) is 3.27. The van der Waals surface area contributed by atoms with Crippen LogP contribution in [0.3, 0.4) is 0 Å². The molecule has 37 heavy (non-hydrogen) atoms. The van der Waals surface area contributed by atoms with Crippen molar-refractivity contribution in [1.82, 2.24) is 15.2 Å². The molecular weight excluding hydrogens is 489 g/mol. The van der Waals surface area contributed by atoms with Crippen LogP contribution in [-0.4, -0.2) is 72.4 Å². The number of aryl methyl sites for hydroxylation is 2. The van der Waals surface area contributed by atoms with E-state index in [1.165, 1.54) is 24.3 Å². The molecule has 0 aromatic heterocycles. The van der Waals surface area contributed by atoms with Crippen molar-refractivity contribution >= 4 is 17.4 Å². The van der Waals surface area contributed by atoms with Crippen molar-refractivity contribution in [3.05, 3.63) is 58.9 Å². The van der Waals surface area contributed by atoms with Crippen molar-refractivity contribution in [3.8, 4) is 11.9 Å². The maximum atomic E-state index is 14.8. The predicted octanol–water partition coefficient (Wildman–Crippen LogP) is 3.48. The number of alkyl halides is 2. The fraction of sp³-hybridized carbons (Fsp3) is 0.400. The number of nitriles is 1. The molecule has 0 radical (unpaired) electrons. The molecule has 12 heteroatoms. The highest BCUT2D eigenvalue weighted by Gasteiger charge is 2.37. The molecule has 1 aliphatic heterocycles. The SMILES string of the molecule is CCN(C(CO)OC)C1CN(C(=Nc2cccc(OC(F)F)c2F)NC#N)N=C1c1ccc(C)c(C)c1. The second-order valence-corrected chi connectivity index (χ2v) is 8.23. The minimum Gasteiger partial charge on any atom is -0.432 e. The molecule has 2 unspecified atom stereocenters. The van der Waals surface area contributed by atoms with Gasteiger partial charge in [-0.15, -0.1) is 0 Å². The van der Waals surface area contributed by atoms with Crippen molar-refractivity contribution in [2.45, 2.75) is 39.7 Å². The Hall–Kier alpha value is -3.66. The van der Waals surface area contributed by atoms with Crippen LogP contribution in [0.5, 0.6) is 5.75 Å². The molecule has 198 valence electrons. The van der Waals surface area contributed by atoms with Crippen LogP contribution in [-0.2, 0) is 4.74 Å². The minimum absolute atomic E-state index is 0.117. The van der Waals surface area contributed by atoms with Gasteiger partial charge in [-0.3, -0.25) is 10.2 Å². The van der Waals surface area contributed by atoms with Gasteiger partial charge in [-0.05, 0) is 55.3 Å². The summed E-state index contributed by atoms with van der Waals surface area (Å²) in [5, 5.41) is 27.7. The Bertz CT molecular complexity index is 1200. The highest BCUT2D eigenvalue weighted by molar-refractivity contribution is 6.07. The Balaban J connectivity index is 2.09. The van der Waals surface area contributed by atoms with E-state index >= 15 is 0 Å². The van der Waals surface area contributed by atoms with Gasteiger partial charge < -0.3 is 14.6 Å². The number of hydrogen-bond donors (Lipinski definition) is 2. The Kier molecular flexibility index (Phi) is 9.46. The standard InChI is InChI=1S/C25H29F3N6O3/c1-5-33(21(13-35)36-4)19-12-34(32-23(19)17-10-9-15(2)16(3)11-17)25(30-14-29)31-18-7-6-8-20(22(18)26)37-24(27)28/h6-11,19,21,24,35H,5,12-13H2,1-4H3,(H,30,31). The van der Waals surface area contributed by atoms with Crippen molar-refractivity contribution in [2.24, 2.45) is 10.1 Å². The normalized spacial score (nSPS) is 16.7. The monoisotopic (exact) mass is 518 g/mol. The third-order valence-electron chi connectivity index (χ3n) is 6.05. The van der Waals surface area contributed by atoms with Crippen LogP contribution in [0.25, 0.3) is 0 Å². The number of aliphatic hydroxyl groups is 1. The Morgan fingerprint density at radius 1 is 1.32 bits per heavy atom. The number of ether oxygens (including phenoxy) is 2. The second-order valence-electron chi connectivity index (χ2n) is 8.23. The molecule has 1 aliphatic rings. The van der Waals surface area contributed by atoms with Gasteiger partial charge in [0.25, 0.3) is 0 Å². The van der Waals surface area contributed by atoms with Gasteiger partial charge >= 0.3 is 6.61 Å². The number of benzene rings is 2. The molecule has 3 rings (SSSR count). The second kappa shape index (κ2) is 12.5. The van der Waals surface area contributed by atoms with Crippen LogP contribution in [0.2, 0.25) is 0 Å². The lowest BCUT2D eigenvalue weighted by Gasteiger charge is -2.34. The largest absolute Gasteiger partial charge is 0.432 e. The lowest BCUT2D eigenvalue weighted by molar-refractivity contribution is -0.0703. The summed E-state index contributed by atoms with van der Waals surface area (Å²) < 4.78 is 49.8. The predicted molar refractivity (Wildman–Crippen MR) is 132 cm³/mol. The van der Waals surface area contributed by atoms with Crippen LogP contribution in [0.1, 0.15) is 23.6 Å². The van der Waals surface area contributed by atoms with E-state index in [-0.39, 0.29) is 24.8 Å². The first kappa shape index (κ1) is 27.9. The maximum absolute atomic E-state index is 14.8. The molecule has 0 saturated carbocycles. The molecule has 2 N–H and O–H groups in total. The first-order valence-corrected chi connectivity index (χ1v) is 11.5. The number of nitrogens with zero attached hydrogens (tertiary/aromatic N) is 5. The average molecular weight is 519 g/mol. The summed E-state index contributed by atoms with van der Waals surface area (Å²) in [6.45, 7) is 3.09. The molecule has 2 aromatic carbocycles. The average Bonchev–Trinajstić information content (AvgIpc) is 3.30. The van der Waals surface area contributed by atoms with Gasteiger partial charge in [-0.25, -0.2) is 14.4 Å². The summed E-state index contributed by atoms with van der Waals surface area (Å²) in [4.78, 5) is 6.08. The molecule has 9 nitrogen and oxygen atoms in total. The molecule has 2 aromatic rings. The van der Waals surface area contributed by atoms with Gasteiger partial charge in [0.05, 0.1) is 24.9 Å². The summed E-state index contributed by atoms with van der Waals surface area (Å²) in [6.07, 6.45) is 1.13. The van der Waals surface area contributed by atoms with Crippen molar-refractivity contribution < 1.29 is 27.8 Å². The van der Waals surface area contributed by atoms with Crippen LogP contribution >= 0.6 is 0 Å². The van der Waals surface area contributed by atoms with Crippen LogP contribution in [0.15, 0.2) is 46.5 Å². The van der Waals surface area contributed by atoms with Gasteiger partial charge in [0.1, 0.15) is 11.9 Å². The van der Waals surface area contributed by atoms with Crippen molar-refractivity contribution in [2.75, 3.05) is 26.8 Å². The lowest BCUT2D eigenvalue weighted by Crippen LogP contribution is -2.51. The Morgan fingerprint density at radius 2 is 2.08 bits per heavy atom. The zero-order chi connectivity index (χ0) is 27.1. The van der Waals surface area contributed by atoms with E-state index in [0.717, 1.165) is 22.8 Å². The van der Waals surface area contributed by atoms with E-state index in [1.807, 2.05) is 43.9 Å². The highest BCUT2D eigenvalue weighted by atomic mass is 19.3. The van der Waals surface area contributed by atoms with E-state index in [1.54, 1.807) is 6.19 Å². The van der Waals surface area contributed by atoms with Crippen molar-refractivity contribution in [1.29, 1.82) is 5.26 Å². The number of aliphatic hydroxyl groups excluding tert-OH is 1. The highest BCUT2D eigenvalue weighted by Crippen LogP contribution is 2.29. The first-order chi connectivity index (χ1) is 17.7. The number of nitrogens with one attached hydrogen (secondary N) is 1. The summed E-state index contributed by atoms with van der Waals surface area (Å²) in [5.74, 6) is -1.90. The number of hydrazone groups is 1. The number of likely N-dealkylation sites (N-methyl/N-ethyl adjacent to an activating group) is 1. The van der Waals surface area contributed by atoms with E-state index in [4.69, 9.17) is 9.84 Å². The van der Waals surface area contributed by atoms with Crippen LogP contribution in [0.4, 0.5) is 18.9 Å². The lowest BCUT2D eigenvalue weighted by atomic mass is 9.98.